The van der Waals surface area contributed by atoms with Gasteiger partial charge in [-0.2, -0.15) is 0 Å². The van der Waals surface area contributed by atoms with Crippen LogP contribution in [-0.4, -0.2) is 41.4 Å². The molecule has 0 unspecified atom stereocenters. The van der Waals surface area contributed by atoms with Crippen molar-refractivity contribution in [3.63, 3.8) is 0 Å². The van der Waals surface area contributed by atoms with E-state index in [1.54, 1.807) is 6.92 Å². The molecule has 0 spiro atoms. The molecule has 0 atom stereocenters. The monoisotopic (exact) mass is 199 g/mol. The average Bonchev–Trinajstić information content (AvgIpc) is 2.52. The summed E-state index contributed by atoms with van der Waals surface area (Å²) in [6.07, 6.45) is 3.33. The van der Waals surface area contributed by atoms with Crippen molar-refractivity contribution in [2.75, 3.05) is 19.6 Å². The lowest BCUT2D eigenvalue weighted by Gasteiger charge is -2.07. The summed E-state index contributed by atoms with van der Waals surface area (Å²) in [6.45, 7) is 6.43. The minimum atomic E-state index is -0.891. The van der Waals surface area contributed by atoms with Crippen molar-refractivity contribution >= 4 is 11.8 Å². The smallest absolute Gasteiger partial charge is 0.327 e. The Morgan fingerprint density at radius 1 is 1.64 bits per heavy atom. The Bertz CT molecular complexity index is 223. The van der Waals surface area contributed by atoms with E-state index in [0.717, 1.165) is 25.6 Å². The number of hydrogen-bond acceptors (Lipinski definition) is 3. The van der Waals surface area contributed by atoms with Gasteiger partial charge in [-0.15, -0.1) is 0 Å². The fourth-order valence-electron chi connectivity index (χ4n) is 1.10. The number of hydrogen-bond donors (Lipinski definition) is 1. The van der Waals surface area contributed by atoms with Gasteiger partial charge in [0.1, 0.15) is 5.78 Å². The molecule has 4 nitrogen and oxygen atoms in total. The van der Waals surface area contributed by atoms with E-state index in [4.69, 9.17) is 5.11 Å². The third-order valence-corrected chi connectivity index (χ3v) is 1.86. The highest BCUT2D eigenvalue weighted by Crippen LogP contribution is 2.01. The molecule has 1 fully saturated rings. The summed E-state index contributed by atoms with van der Waals surface area (Å²) in [5, 5.41) is 7.83. The van der Waals surface area contributed by atoms with Crippen molar-refractivity contribution in [1.29, 1.82) is 0 Å². The standard InChI is InChI=1S/C6H11NO.C4H6O2/c1-2-7-4-3-6(8)5-7;1-2-3-4(5)6/h2-5H2,1H3;2-3H,1H3,(H,5,6). The minimum absolute atomic E-state index is 0.395. The first-order valence-corrected chi connectivity index (χ1v) is 4.69. The van der Waals surface area contributed by atoms with Crippen LogP contribution in [0.1, 0.15) is 20.3 Å². The number of ketones is 1. The third kappa shape index (κ3) is 6.37. The molecule has 1 N–H and O–H groups in total. The molecule has 0 aromatic carbocycles. The van der Waals surface area contributed by atoms with Crippen LogP contribution in [0, 0.1) is 0 Å². The van der Waals surface area contributed by atoms with Crippen molar-refractivity contribution in [2.45, 2.75) is 20.3 Å². The lowest BCUT2D eigenvalue weighted by molar-refractivity contribution is -0.131. The number of likely N-dealkylation sites (N-methyl/N-ethyl adjacent to an activating group) is 1. The number of nitrogens with zero attached hydrogens (tertiary/aromatic N) is 1. The zero-order valence-corrected chi connectivity index (χ0v) is 8.69. The van der Waals surface area contributed by atoms with Gasteiger partial charge < -0.3 is 5.11 Å². The van der Waals surface area contributed by atoms with Crippen molar-refractivity contribution < 1.29 is 14.7 Å². The molecule has 0 radical (unpaired) electrons. The van der Waals surface area contributed by atoms with Crippen LogP contribution in [0.3, 0.4) is 0 Å². The zero-order chi connectivity index (χ0) is 11.0. The number of aliphatic carboxylic acids is 1. The topological polar surface area (TPSA) is 57.6 Å². The number of allylic oxidation sites excluding steroid dienone is 1. The van der Waals surface area contributed by atoms with Gasteiger partial charge in [0.15, 0.2) is 0 Å². The summed E-state index contributed by atoms with van der Waals surface area (Å²) >= 11 is 0. The van der Waals surface area contributed by atoms with E-state index < -0.39 is 5.97 Å². The highest BCUT2D eigenvalue weighted by Gasteiger charge is 2.16. The summed E-state index contributed by atoms with van der Waals surface area (Å²) < 4.78 is 0. The second-order valence-electron chi connectivity index (χ2n) is 3.00. The van der Waals surface area contributed by atoms with Crippen molar-refractivity contribution in [1.82, 2.24) is 4.90 Å². The molecule has 0 amide bonds. The Morgan fingerprint density at radius 3 is 2.43 bits per heavy atom. The second kappa shape index (κ2) is 7.26. The fraction of sp³-hybridized carbons (Fsp3) is 0.600. The summed E-state index contributed by atoms with van der Waals surface area (Å²) in [7, 11) is 0. The number of rotatable bonds is 2. The molecule has 80 valence electrons. The maximum Gasteiger partial charge on any atom is 0.327 e. The van der Waals surface area contributed by atoms with Gasteiger partial charge in [0.25, 0.3) is 0 Å². The lowest BCUT2D eigenvalue weighted by atomic mass is 10.4. The van der Waals surface area contributed by atoms with Gasteiger partial charge in [0.05, 0.1) is 6.54 Å². The largest absolute Gasteiger partial charge is 0.478 e. The molecule has 0 aromatic heterocycles. The van der Waals surface area contributed by atoms with E-state index in [1.807, 2.05) is 0 Å². The van der Waals surface area contributed by atoms with Gasteiger partial charge in [-0.25, -0.2) is 4.79 Å². The maximum absolute atomic E-state index is 10.6. The number of likely N-dealkylation sites (tertiary alicyclic amines) is 1. The lowest BCUT2D eigenvalue weighted by Crippen LogP contribution is -2.19. The fourth-order valence-corrected chi connectivity index (χ4v) is 1.10. The van der Waals surface area contributed by atoms with Gasteiger partial charge >= 0.3 is 5.97 Å². The number of Topliss-reactive ketones (excluding diaryl/α,β-unsaturated/α-hetero) is 1. The first kappa shape index (κ1) is 12.8. The van der Waals surface area contributed by atoms with Gasteiger partial charge in [-0.05, 0) is 13.5 Å². The van der Waals surface area contributed by atoms with Crippen LogP contribution in [0.5, 0.6) is 0 Å². The molecule has 14 heavy (non-hydrogen) atoms. The molecule has 1 heterocycles. The summed E-state index contributed by atoms with van der Waals surface area (Å²) in [5.74, 6) is -0.496. The predicted molar refractivity (Wildman–Crippen MR) is 54.2 cm³/mol. The van der Waals surface area contributed by atoms with Crippen LogP contribution in [0.15, 0.2) is 12.2 Å². The van der Waals surface area contributed by atoms with Crippen molar-refractivity contribution in [3.05, 3.63) is 12.2 Å². The molecule has 1 rings (SSSR count). The van der Waals surface area contributed by atoms with E-state index in [2.05, 4.69) is 11.8 Å². The Balaban J connectivity index is 0.000000255. The van der Waals surface area contributed by atoms with Crippen LogP contribution in [0.2, 0.25) is 0 Å². The molecule has 4 heteroatoms. The third-order valence-electron chi connectivity index (χ3n) is 1.86. The highest BCUT2D eigenvalue weighted by atomic mass is 16.4. The molecule has 0 saturated carbocycles. The van der Waals surface area contributed by atoms with Gasteiger partial charge in [-0.1, -0.05) is 13.0 Å². The van der Waals surface area contributed by atoms with Gasteiger partial charge in [0.2, 0.25) is 0 Å². The molecule has 1 saturated heterocycles. The SMILES string of the molecule is CC=CC(=O)O.CCN1CCC(=O)C1. The van der Waals surface area contributed by atoms with E-state index in [0.29, 0.717) is 12.3 Å². The van der Waals surface area contributed by atoms with E-state index in [9.17, 15) is 9.59 Å². The van der Waals surface area contributed by atoms with E-state index in [-0.39, 0.29) is 0 Å². The maximum atomic E-state index is 10.6. The first-order chi connectivity index (χ1) is 6.60. The van der Waals surface area contributed by atoms with Gasteiger partial charge in [0, 0.05) is 19.0 Å². The Labute approximate surface area is 84.2 Å². The number of carboxylic acids is 1. The quantitative estimate of drug-likeness (QED) is 0.672. The average molecular weight is 199 g/mol. The minimum Gasteiger partial charge on any atom is -0.478 e. The highest BCUT2D eigenvalue weighted by molar-refractivity contribution is 5.82. The van der Waals surface area contributed by atoms with Crippen LogP contribution in [0.25, 0.3) is 0 Å². The van der Waals surface area contributed by atoms with Crippen LogP contribution in [-0.2, 0) is 9.59 Å². The normalized spacial score (nSPS) is 16.9. The molecular weight excluding hydrogens is 182 g/mol. The van der Waals surface area contributed by atoms with E-state index in [1.165, 1.54) is 6.08 Å². The second-order valence-corrected chi connectivity index (χ2v) is 3.00. The zero-order valence-electron chi connectivity index (χ0n) is 8.69. The predicted octanol–water partition coefficient (Wildman–Crippen LogP) is 0.928. The summed E-state index contributed by atoms with van der Waals surface area (Å²) in [6, 6.07) is 0. The molecule has 0 bridgehead atoms. The van der Waals surface area contributed by atoms with E-state index >= 15 is 0 Å². The Hall–Kier alpha value is -1.16. The van der Waals surface area contributed by atoms with Gasteiger partial charge in [-0.3, -0.25) is 9.69 Å². The van der Waals surface area contributed by atoms with Crippen molar-refractivity contribution in [3.8, 4) is 0 Å². The molecule has 1 aliphatic rings. The first-order valence-electron chi connectivity index (χ1n) is 4.69. The number of carboxylic acid groups (broad SMARTS) is 1. The number of carbonyl (C=O) groups excluding carboxylic acids is 1. The van der Waals surface area contributed by atoms with Crippen molar-refractivity contribution in [2.24, 2.45) is 0 Å². The molecule has 0 aromatic rings. The van der Waals surface area contributed by atoms with Crippen LogP contribution < -0.4 is 0 Å². The van der Waals surface area contributed by atoms with Crippen LogP contribution in [0.4, 0.5) is 0 Å². The summed E-state index contributed by atoms with van der Waals surface area (Å²) in [5.41, 5.74) is 0. The summed E-state index contributed by atoms with van der Waals surface area (Å²) in [4.78, 5) is 22.2. The Kier molecular flexibility index (Phi) is 6.66. The molecule has 0 aliphatic carbocycles. The van der Waals surface area contributed by atoms with Crippen LogP contribution >= 0.6 is 0 Å². The number of carbonyl (C=O) groups is 2. The molecule has 1 aliphatic heterocycles. The Morgan fingerprint density at radius 2 is 2.29 bits per heavy atom. The molecular formula is C10H17NO3.